The molecule has 0 saturated carbocycles. The van der Waals surface area contributed by atoms with Crippen molar-refractivity contribution in [3.63, 3.8) is 0 Å². The number of benzene rings is 2. The van der Waals surface area contributed by atoms with E-state index >= 15 is 0 Å². The predicted octanol–water partition coefficient (Wildman–Crippen LogP) is 4.56. The zero-order valence-electron chi connectivity index (χ0n) is 27.6. The van der Waals surface area contributed by atoms with Gasteiger partial charge in [-0.05, 0) is 61.3 Å². The fourth-order valence-corrected chi connectivity index (χ4v) is 8.09. The highest BCUT2D eigenvalue weighted by atomic mass is 32.2. The number of carbonyl (C=O) groups is 2. The summed E-state index contributed by atoms with van der Waals surface area (Å²) in [4.78, 5) is 26.0. The van der Waals surface area contributed by atoms with E-state index in [1.54, 1.807) is 6.07 Å². The van der Waals surface area contributed by atoms with Crippen molar-refractivity contribution in [1.29, 1.82) is 0 Å². The lowest BCUT2D eigenvalue weighted by Gasteiger charge is -2.31. The molecule has 5 rings (SSSR count). The van der Waals surface area contributed by atoms with Crippen LogP contribution in [-0.2, 0) is 35.4 Å². The van der Waals surface area contributed by atoms with Crippen molar-refractivity contribution in [2.24, 2.45) is 17.8 Å². The third-order valence-corrected chi connectivity index (χ3v) is 11.0. The maximum Gasteiger partial charge on any atom is 0.407 e. The number of alkyl carbamates (subject to hydrolysis) is 1. The SMILES string of the molecule is CCC(/C=C1\C(=O)Nc2ccc(S(=O)(=O)N(CC(C)C)CC(O)C(Cc3ccccc3)NC(=O)OC3COC4OCCC34)cc21)CC. The van der Waals surface area contributed by atoms with Gasteiger partial charge in [0.05, 0.1) is 36.2 Å². The molecule has 5 atom stereocenters. The number of anilines is 1. The summed E-state index contributed by atoms with van der Waals surface area (Å²) < 4.78 is 46.5. The van der Waals surface area contributed by atoms with Crippen molar-refractivity contribution in [3.05, 3.63) is 65.7 Å². The average Bonchev–Trinajstić information content (AvgIpc) is 3.74. The molecule has 3 aliphatic rings. The highest BCUT2D eigenvalue weighted by molar-refractivity contribution is 7.89. The molecule has 0 aromatic heterocycles. The summed E-state index contributed by atoms with van der Waals surface area (Å²) in [6.07, 6.45) is 1.77. The zero-order chi connectivity index (χ0) is 33.7. The second-order valence-electron chi connectivity index (χ2n) is 13.0. The van der Waals surface area contributed by atoms with E-state index in [0.29, 0.717) is 23.4 Å². The van der Waals surface area contributed by atoms with Crippen LogP contribution in [0, 0.1) is 17.8 Å². The van der Waals surface area contributed by atoms with Crippen molar-refractivity contribution in [1.82, 2.24) is 9.62 Å². The first-order valence-electron chi connectivity index (χ1n) is 16.6. The Morgan fingerprint density at radius 1 is 1.13 bits per heavy atom. The van der Waals surface area contributed by atoms with E-state index in [4.69, 9.17) is 14.2 Å². The van der Waals surface area contributed by atoms with E-state index in [9.17, 15) is 23.1 Å². The van der Waals surface area contributed by atoms with E-state index in [1.165, 1.54) is 16.4 Å². The summed E-state index contributed by atoms with van der Waals surface area (Å²) in [5, 5.41) is 17.3. The number of allylic oxidation sites excluding steroid dienone is 1. The number of fused-ring (bicyclic) bond motifs is 2. The fraction of sp³-hybridized carbons (Fsp3) is 0.543. The Hall–Kier alpha value is -3.29. The predicted molar refractivity (Wildman–Crippen MR) is 178 cm³/mol. The zero-order valence-corrected chi connectivity index (χ0v) is 28.4. The van der Waals surface area contributed by atoms with Crippen molar-refractivity contribution in [2.75, 3.05) is 31.6 Å². The summed E-state index contributed by atoms with van der Waals surface area (Å²) in [7, 11) is -4.12. The van der Waals surface area contributed by atoms with Gasteiger partial charge >= 0.3 is 6.09 Å². The molecule has 3 heterocycles. The Morgan fingerprint density at radius 3 is 2.57 bits per heavy atom. The van der Waals surface area contributed by atoms with Gasteiger partial charge in [0.25, 0.3) is 5.91 Å². The van der Waals surface area contributed by atoms with E-state index in [-0.39, 0.29) is 61.0 Å². The molecule has 2 aromatic rings. The third-order valence-electron chi connectivity index (χ3n) is 9.13. The molecule has 0 aliphatic carbocycles. The van der Waals surface area contributed by atoms with Gasteiger partial charge < -0.3 is 30.0 Å². The van der Waals surface area contributed by atoms with E-state index < -0.39 is 34.4 Å². The maximum atomic E-state index is 14.2. The van der Waals surface area contributed by atoms with Crippen LogP contribution in [0.3, 0.4) is 0 Å². The second-order valence-corrected chi connectivity index (χ2v) is 14.9. The van der Waals surface area contributed by atoms with Crippen molar-refractivity contribution >= 4 is 33.3 Å². The van der Waals surface area contributed by atoms with Gasteiger partial charge in [-0.3, -0.25) is 4.79 Å². The molecule has 2 fully saturated rings. The fourth-order valence-electron chi connectivity index (χ4n) is 6.44. The lowest BCUT2D eigenvalue weighted by Crippen LogP contribution is -2.51. The number of hydrogen-bond donors (Lipinski definition) is 3. The summed E-state index contributed by atoms with van der Waals surface area (Å²) in [6.45, 7) is 8.54. The number of rotatable bonds is 14. The minimum absolute atomic E-state index is 0.0256. The van der Waals surface area contributed by atoms with Gasteiger partial charge in [0.2, 0.25) is 10.0 Å². The first-order chi connectivity index (χ1) is 22.5. The summed E-state index contributed by atoms with van der Waals surface area (Å²) in [6, 6.07) is 13.1. The van der Waals surface area contributed by atoms with E-state index in [0.717, 1.165) is 24.8 Å². The van der Waals surface area contributed by atoms with Gasteiger partial charge in [0, 0.05) is 29.9 Å². The van der Waals surface area contributed by atoms with Crippen LogP contribution in [0.25, 0.3) is 5.57 Å². The Balaban J connectivity index is 1.38. The van der Waals surface area contributed by atoms with Gasteiger partial charge in [-0.2, -0.15) is 4.31 Å². The molecule has 5 unspecified atom stereocenters. The van der Waals surface area contributed by atoms with Gasteiger partial charge in [-0.1, -0.05) is 64.1 Å². The minimum atomic E-state index is -4.12. The summed E-state index contributed by atoms with van der Waals surface area (Å²) in [5.41, 5.74) is 2.44. The van der Waals surface area contributed by atoms with Crippen LogP contribution < -0.4 is 10.6 Å². The molecular weight excluding hydrogens is 622 g/mol. The largest absolute Gasteiger partial charge is 0.443 e. The number of amides is 2. The molecular formula is C35H47N3O8S. The third kappa shape index (κ3) is 8.24. The molecule has 2 saturated heterocycles. The lowest BCUT2D eigenvalue weighted by molar-refractivity contribution is -0.110. The van der Waals surface area contributed by atoms with Crippen LogP contribution in [0.1, 0.15) is 58.1 Å². The summed E-state index contributed by atoms with van der Waals surface area (Å²) >= 11 is 0. The number of aliphatic hydroxyl groups is 1. The number of nitrogens with zero attached hydrogens (tertiary/aromatic N) is 1. The van der Waals surface area contributed by atoms with Gasteiger partial charge in [0.15, 0.2) is 6.29 Å². The molecule has 2 amide bonds. The van der Waals surface area contributed by atoms with Crippen LogP contribution in [0.5, 0.6) is 0 Å². The number of sulfonamides is 1. The Morgan fingerprint density at radius 2 is 1.87 bits per heavy atom. The van der Waals surface area contributed by atoms with Crippen LogP contribution in [0.15, 0.2) is 59.5 Å². The van der Waals surface area contributed by atoms with Crippen LogP contribution >= 0.6 is 0 Å². The first kappa shape index (κ1) is 35.0. The molecule has 11 nitrogen and oxygen atoms in total. The van der Waals surface area contributed by atoms with E-state index in [2.05, 4.69) is 24.5 Å². The van der Waals surface area contributed by atoms with Crippen molar-refractivity contribution < 1.29 is 37.3 Å². The van der Waals surface area contributed by atoms with Crippen LogP contribution in [0.4, 0.5) is 10.5 Å². The molecule has 3 N–H and O–H groups in total. The molecule has 12 heteroatoms. The molecule has 2 aromatic carbocycles. The van der Waals surface area contributed by atoms with Gasteiger partial charge in [-0.25, -0.2) is 13.2 Å². The number of aliphatic hydroxyl groups excluding tert-OH is 1. The van der Waals surface area contributed by atoms with Crippen LogP contribution in [0.2, 0.25) is 0 Å². The average molecular weight is 670 g/mol. The molecule has 3 aliphatic heterocycles. The van der Waals surface area contributed by atoms with Gasteiger partial charge in [-0.15, -0.1) is 0 Å². The first-order valence-corrected chi connectivity index (χ1v) is 18.0. The topological polar surface area (TPSA) is 144 Å². The molecule has 0 radical (unpaired) electrons. The number of hydrogen-bond acceptors (Lipinski definition) is 8. The highest BCUT2D eigenvalue weighted by Crippen LogP contribution is 2.36. The standard InChI is InChI=1S/C35H47N3O8S/c1-5-23(6-2)16-28-27-18-25(12-13-29(27)36-33(28)40)47(42,43)38(19-22(3)4)20-31(39)30(17-24-10-8-7-9-11-24)37-35(41)46-32-21-45-34-26(32)14-15-44-34/h7-13,16,18,22-23,26,30-32,34,39H,5-6,14-15,17,19-21H2,1-4H3,(H,36,40)(H,37,41)/b28-16-. The second kappa shape index (κ2) is 15.3. The summed E-state index contributed by atoms with van der Waals surface area (Å²) in [5.74, 6) is -0.176. The number of nitrogens with one attached hydrogen (secondary N) is 2. The Labute approximate surface area is 277 Å². The monoisotopic (exact) mass is 669 g/mol. The molecule has 47 heavy (non-hydrogen) atoms. The van der Waals surface area contributed by atoms with Crippen LogP contribution in [-0.4, -0.2) is 80.7 Å². The maximum absolute atomic E-state index is 14.2. The van der Waals surface area contributed by atoms with Gasteiger partial charge in [0.1, 0.15) is 6.10 Å². The molecule has 0 spiro atoms. The van der Waals surface area contributed by atoms with Crippen molar-refractivity contribution in [3.8, 4) is 0 Å². The Kier molecular flexibility index (Phi) is 11.4. The van der Waals surface area contributed by atoms with Crippen molar-refractivity contribution in [2.45, 2.75) is 82.8 Å². The quantitative estimate of drug-likeness (QED) is 0.249. The van der Waals surface area contributed by atoms with E-state index in [1.807, 2.05) is 50.3 Å². The smallest absolute Gasteiger partial charge is 0.407 e. The Bertz CT molecular complexity index is 1540. The number of carbonyl (C=O) groups excluding carboxylic acids is 2. The lowest BCUT2D eigenvalue weighted by atomic mass is 9.97. The minimum Gasteiger partial charge on any atom is -0.443 e. The number of ether oxygens (including phenoxy) is 3. The molecule has 0 bridgehead atoms. The normalized spacial score (nSPS) is 22.9. The highest BCUT2D eigenvalue weighted by Gasteiger charge is 2.44. The molecule has 256 valence electrons.